The topological polar surface area (TPSA) is 59.8 Å². The standard InChI is InChI=1S/C18H20N4O/c1-3-14-10-17(15-6-4-5-7-16(15)20-14)21-18(23)9-8-13-11-19-22(2)12-13/h4-7,10-12H,3,8-9H2,1-2H3,(H,20,21,23). The van der Waals surface area contributed by atoms with Crippen LogP contribution >= 0.6 is 0 Å². The normalized spacial score (nSPS) is 10.9. The first-order valence-electron chi connectivity index (χ1n) is 7.81. The Hall–Kier alpha value is -2.69. The van der Waals surface area contributed by atoms with Gasteiger partial charge in [-0.2, -0.15) is 5.10 Å². The molecule has 3 rings (SSSR count). The molecule has 1 amide bonds. The van der Waals surface area contributed by atoms with Gasteiger partial charge >= 0.3 is 0 Å². The van der Waals surface area contributed by atoms with Gasteiger partial charge < -0.3 is 5.32 Å². The molecule has 1 N–H and O–H groups in total. The summed E-state index contributed by atoms with van der Waals surface area (Å²) in [7, 11) is 1.87. The molecule has 0 spiro atoms. The van der Waals surface area contributed by atoms with E-state index in [-0.39, 0.29) is 5.91 Å². The largest absolute Gasteiger partial charge is 0.325 e. The summed E-state index contributed by atoms with van der Waals surface area (Å²) in [5, 5.41) is 8.12. The van der Waals surface area contributed by atoms with Gasteiger partial charge in [-0.25, -0.2) is 0 Å². The number of aromatic nitrogens is 3. The van der Waals surface area contributed by atoms with E-state index in [4.69, 9.17) is 0 Å². The molecule has 0 aliphatic carbocycles. The molecule has 0 radical (unpaired) electrons. The second-order valence-corrected chi connectivity index (χ2v) is 5.60. The van der Waals surface area contributed by atoms with E-state index in [1.54, 1.807) is 10.9 Å². The summed E-state index contributed by atoms with van der Waals surface area (Å²) in [6.07, 6.45) is 5.69. The Balaban J connectivity index is 1.76. The van der Waals surface area contributed by atoms with Crippen LogP contribution in [-0.4, -0.2) is 20.7 Å². The van der Waals surface area contributed by atoms with Crippen LogP contribution in [0.25, 0.3) is 10.9 Å². The van der Waals surface area contributed by atoms with E-state index in [2.05, 4.69) is 22.3 Å². The molecule has 0 saturated heterocycles. The molecule has 118 valence electrons. The lowest BCUT2D eigenvalue weighted by atomic mass is 10.1. The number of nitrogens with zero attached hydrogens (tertiary/aromatic N) is 3. The molecule has 5 heteroatoms. The van der Waals surface area contributed by atoms with E-state index in [9.17, 15) is 4.79 Å². The number of nitrogens with one attached hydrogen (secondary N) is 1. The van der Waals surface area contributed by atoms with Gasteiger partial charge in [-0.1, -0.05) is 25.1 Å². The predicted octanol–water partition coefficient (Wildman–Crippen LogP) is 3.10. The first-order valence-corrected chi connectivity index (χ1v) is 7.81. The summed E-state index contributed by atoms with van der Waals surface area (Å²) in [6, 6.07) is 9.84. The lowest BCUT2D eigenvalue weighted by Crippen LogP contribution is -2.13. The smallest absolute Gasteiger partial charge is 0.224 e. The van der Waals surface area contributed by atoms with Crippen molar-refractivity contribution in [2.45, 2.75) is 26.2 Å². The molecule has 5 nitrogen and oxygen atoms in total. The fourth-order valence-electron chi connectivity index (χ4n) is 2.59. The average Bonchev–Trinajstić information content (AvgIpc) is 2.98. The zero-order chi connectivity index (χ0) is 16.2. The van der Waals surface area contributed by atoms with E-state index in [1.807, 2.05) is 43.6 Å². The summed E-state index contributed by atoms with van der Waals surface area (Å²) in [4.78, 5) is 16.9. The Bertz CT molecular complexity index is 838. The Labute approximate surface area is 135 Å². The van der Waals surface area contributed by atoms with Crippen LogP contribution in [0.4, 0.5) is 5.69 Å². The van der Waals surface area contributed by atoms with Gasteiger partial charge in [0.15, 0.2) is 0 Å². The van der Waals surface area contributed by atoms with E-state index >= 15 is 0 Å². The van der Waals surface area contributed by atoms with Gasteiger partial charge in [-0.05, 0) is 30.5 Å². The molecule has 2 heterocycles. The SMILES string of the molecule is CCc1cc(NC(=O)CCc2cnn(C)c2)c2ccccc2n1. The molecule has 2 aromatic heterocycles. The zero-order valence-corrected chi connectivity index (χ0v) is 13.4. The summed E-state index contributed by atoms with van der Waals surface area (Å²) >= 11 is 0. The van der Waals surface area contributed by atoms with Crippen molar-refractivity contribution in [3.63, 3.8) is 0 Å². The van der Waals surface area contributed by atoms with Crippen LogP contribution in [0.2, 0.25) is 0 Å². The molecule has 3 aromatic rings. The zero-order valence-electron chi connectivity index (χ0n) is 13.4. The second-order valence-electron chi connectivity index (χ2n) is 5.60. The number of anilines is 1. The highest BCUT2D eigenvalue weighted by Gasteiger charge is 2.09. The first-order chi connectivity index (χ1) is 11.2. The third-order valence-electron chi connectivity index (χ3n) is 3.80. The number of fused-ring (bicyclic) bond motifs is 1. The summed E-state index contributed by atoms with van der Waals surface area (Å²) in [6.45, 7) is 2.06. The summed E-state index contributed by atoms with van der Waals surface area (Å²) in [5.74, 6) is 0.00672. The highest BCUT2D eigenvalue weighted by Crippen LogP contribution is 2.23. The number of rotatable bonds is 5. The van der Waals surface area contributed by atoms with Crippen molar-refractivity contribution in [1.82, 2.24) is 14.8 Å². The molecular weight excluding hydrogens is 288 g/mol. The molecule has 1 aromatic carbocycles. The Morgan fingerprint density at radius 3 is 2.87 bits per heavy atom. The maximum Gasteiger partial charge on any atom is 0.224 e. The maximum absolute atomic E-state index is 12.3. The predicted molar refractivity (Wildman–Crippen MR) is 91.3 cm³/mol. The van der Waals surface area contributed by atoms with E-state index in [1.165, 1.54) is 0 Å². The van der Waals surface area contributed by atoms with Gasteiger partial charge in [0.05, 0.1) is 17.4 Å². The highest BCUT2D eigenvalue weighted by atomic mass is 16.1. The summed E-state index contributed by atoms with van der Waals surface area (Å²) in [5.41, 5.74) is 3.79. The monoisotopic (exact) mass is 308 g/mol. The number of amides is 1. The molecule has 0 unspecified atom stereocenters. The molecule has 0 saturated carbocycles. The number of benzene rings is 1. The fraction of sp³-hybridized carbons (Fsp3) is 0.278. The van der Waals surface area contributed by atoms with Gasteiger partial charge in [0.1, 0.15) is 0 Å². The second kappa shape index (κ2) is 6.60. The molecule has 0 fully saturated rings. The molecule has 23 heavy (non-hydrogen) atoms. The molecule has 0 atom stereocenters. The van der Waals surface area contributed by atoms with Crippen molar-refractivity contribution in [3.8, 4) is 0 Å². The number of hydrogen-bond donors (Lipinski definition) is 1. The van der Waals surface area contributed by atoms with Crippen molar-refractivity contribution in [1.29, 1.82) is 0 Å². The first kappa shape index (κ1) is 15.2. The molecular formula is C18H20N4O. The van der Waals surface area contributed by atoms with Crippen molar-refractivity contribution >= 4 is 22.5 Å². The molecule has 0 aliphatic heterocycles. The van der Waals surface area contributed by atoms with Crippen LogP contribution < -0.4 is 5.32 Å². The van der Waals surface area contributed by atoms with Crippen molar-refractivity contribution in [2.24, 2.45) is 7.05 Å². The van der Waals surface area contributed by atoms with Crippen LogP contribution in [0, 0.1) is 0 Å². The van der Waals surface area contributed by atoms with E-state index < -0.39 is 0 Å². The number of para-hydroxylation sites is 1. The van der Waals surface area contributed by atoms with Gasteiger partial charge in [-0.3, -0.25) is 14.5 Å². The maximum atomic E-state index is 12.3. The number of pyridine rings is 1. The third-order valence-corrected chi connectivity index (χ3v) is 3.80. The van der Waals surface area contributed by atoms with E-state index in [0.717, 1.165) is 34.3 Å². The lowest BCUT2D eigenvalue weighted by molar-refractivity contribution is -0.116. The van der Waals surface area contributed by atoms with Crippen LogP contribution in [0.3, 0.4) is 0 Å². The average molecular weight is 308 g/mol. The van der Waals surface area contributed by atoms with Crippen LogP contribution in [0.15, 0.2) is 42.7 Å². The Morgan fingerprint density at radius 1 is 1.30 bits per heavy atom. The molecule has 0 aliphatic rings. The quantitative estimate of drug-likeness (QED) is 0.788. The van der Waals surface area contributed by atoms with Gasteiger partial charge in [-0.15, -0.1) is 0 Å². The van der Waals surface area contributed by atoms with E-state index in [0.29, 0.717) is 12.8 Å². The number of carbonyl (C=O) groups excluding carboxylic acids is 1. The summed E-state index contributed by atoms with van der Waals surface area (Å²) < 4.78 is 1.75. The third kappa shape index (κ3) is 3.56. The van der Waals surface area contributed by atoms with Gasteiger partial charge in [0, 0.05) is 30.7 Å². The minimum atomic E-state index is 0.00672. The highest BCUT2D eigenvalue weighted by molar-refractivity contribution is 6.01. The van der Waals surface area contributed by atoms with Crippen LogP contribution in [0.1, 0.15) is 24.6 Å². The Morgan fingerprint density at radius 2 is 2.13 bits per heavy atom. The van der Waals surface area contributed by atoms with Gasteiger partial charge in [0.25, 0.3) is 0 Å². The lowest BCUT2D eigenvalue weighted by Gasteiger charge is -2.10. The minimum Gasteiger partial charge on any atom is -0.325 e. The number of aryl methyl sites for hydroxylation is 3. The number of carbonyl (C=O) groups is 1. The van der Waals surface area contributed by atoms with Crippen molar-refractivity contribution in [2.75, 3.05) is 5.32 Å². The van der Waals surface area contributed by atoms with Crippen molar-refractivity contribution in [3.05, 3.63) is 54.0 Å². The Kier molecular flexibility index (Phi) is 4.37. The van der Waals surface area contributed by atoms with Crippen molar-refractivity contribution < 1.29 is 4.79 Å². The fourth-order valence-corrected chi connectivity index (χ4v) is 2.59. The minimum absolute atomic E-state index is 0.00672. The number of hydrogen-bond acceptors (Lipinski definition) is 3. The van der Waals surface area contributed by atoms with Crippen LogP contribution in [0.5, 0.6) is 0 Å². The molecule has 0 bridgehead atoms. The van der Waals surface area contributed by atoms with Gasteiger partial charge in [0.2, 0.25) is 5.91 Å². The van der Waals surface area contributed by atoms with Crippen LogP contribution in [-0.2, 0) is 24.7 Å².